The number of rotatable bonds is 6. The Morgan fingerprint density at radius 2 is 0.923 bits per heavy atom. The van der Waals surface area contributed by atoms with E-state index in [9.17, 15) is 0 Å². The molecule has 244 valence electrons. The maximum absolute atomic E-state index is 6.16. The first-order valence-corrected chi connectivity index (χ1v) is 17.8. The Morgan fingerprint density at radius 1 is 0.308 bits per heavy atom. The molecule has 2 nitrogen and oxygen atoms in total. The number of anilines is 3. The summed E-state index contributed by atoms with van der Waals surface area (Å²) in [5.41, 5.74) is 12.3. The maximum atomic E-state index is 6.16. The average molecular weight is 664 g/mol. The van der Waals surface area contributed by atoms with Crippen LogP contribution in [0.2, 0.25) is 0 Å². The Bertz CT molecular complexity index is 2880. The molecule has 10 rings (SSSR count). The highest BCUT2D eigenvalue weighted by Gasteiger charge is 2.18. The van der Waals surface area contributed by atoms with Crippen molar-refractivity contribution >= 4 is 60.5 Å². The molecule has 0 spiro atoms. The molecule has 0 N–H and O–H groups in total. The van der Waals surface area contributed by atoms with Gasteiger partial charge in [-0.15, -0.1) is 0 Å². The van der Waals surface area contributed by atoms with E-state index in [1.165, 1.54) is 54.9 Å². The molecule has 1 heterocycles. The van der Waals surface area contributed by atoms with Crippen LogP contribution in [0.25, 0.3) is 76.9 Å². The number of hydrogen-bond donors (Lipinski definition) is 0. The minimum atomic E-state index is 0.921. The molecule has 0 unspecified atom stereocenters. The number of hydrogen-bond acceptors (Lipinski definition) is 2. The van der Waals surface area contributed by atoms with Crippen molar-refractivity contribution < 1.29 is 4.42 Å². The lowest BCUT2D eigenvalue weighted by molar-refractivity contribution is 0.669. The minimum absolute atomic E-state index is 0.921. The summed E-state index contributed by atoms with van der Waals surface area (Å²) in [6.45, 7) is 0. The van der Waals surface area contributed by atoms with Crippen molar-refractivity contribution in [1.29, 1.82) is 0 Å². The molecule has 0 aliphatic rings. The zero-order chi connectivity index (χ0) is 34.4. The highest BCUT2D eigenvalue weighted by Crippen LogP contribution is 2.42. The largest absolute Gasteiger partial charge is 0.456 e. The molecular formula is C50H33NO. The molecule has 0 radical (unpaired) electrons. The molecule has 9 aromatic carbocycles. The summed E-state index contributed by atoms with van der Waals surface area (Å²) < 4.78 is 6.16. The van der Waals surface area contributed by atoms with Crippen LogP contribution < -0.4 is 4.90 Å². The molecule has 0 saturated carbocycles. The van der Waals surface area contributed by atoms with Crippen LogP contribution >= 0.6 is 0 Å². The molecule has 0 bridgehead atoms. The predicted molar refractivity (Wildman–Crippen MR) is 220 cm³/mol. The highest BCUT2D eigenvalue weighted by molar-refractivity contribution is 6.10. The summed E-state index contributed by atoms with van der Waals surface area (Å²) in [7, 11) is 0. The van der Waals surface area contributed by atoms with E-state index in [1.807, 2.05) is 12.1 Å². The van der Waals surface area contributed by atoms with Gasteiger partial charge in [-0.25, -0.2) is 0 Å². The first-order valence-electron chi connectivity index (χ1n) is 17.8. The van der Waals surface area contributed by atoms with Crippen LogP contribution in [-0.4, -0.2) is 0 Å². The van der Waals surface area contributed by atoms with Crippen LogP contribution in [0.4, 0.5) is 17.1 Å². The van der Waals surface area contributed by atoms with E-state index in [0.717, 1.165) is 39.0 Å². The van der Waals surface area contributed by atoms with Gasteiger partial charge in [0.2, 0.25) is 0 Å². The Balaban J connectivity index is 1.06. The molecular weight excluding hydrogens is 631 g/mol. The first kappa shape index (κ1) is 30.0. The van der Waals surface area contributed by atoms with Crippen LogP contribution in [0, 0.1) is 0 Å². The second-order valence-corrected chi connectivity index (χ2v) is 13.3. The van der Waals surface area contributed by atoms with Gasteiger partial charge in [0.25, 0.3) is 0 Å². The molecule has 0 fully saturated rings. The number of furan rings is 1. The number of benzene rings is 9. The summed E-state index contributed by atoms with van der Waals surface area (Å²) in [6, 6.07) is 71.8. The van der Waals surface area contributed by atoms with E-state index in [2.05, 4.69) is 193 Å². The van der Waals surface area contributed by atoms with Crippen LogP contribution in [0.1, 0.15) is 0 Å². The van der Waals surface area contributed by atoms with Gasteiger partial charge in [0.1, 0.15) is 11.2 Å². The van der Waals surface area contributed by atoms with E-state index >= 15 is 0 Å². The zero-order valence-electron chi connectivity index (χ0n) is 28.4. The summed E-state index contributed by atoms with van der Waals surface area (Å²) in [5, 5.41) is 7.17. The fourth-order valence-electron chi connectivity index (χ4n) is 7.68. The Labute approximate surface area is 302 Å². The first-order chi connectivity index (χ1) is 25.8. The lowest BCUT2D eigenvalue weighted by atomic mass is 9.97. The number of fused-ring (bicyclic) bond motifs is 5. The molecule has 1 aromatic heterocycles. The van der Waals surface area contributed by atoms with Crippen molar-refractivity contribution in [3.63, 3.8) is 0 Å². The monoisotopic (exact) mass is 663 g/mol. The quantitative estimate of drug-likeness (QED) is 0.176. The number of para-hydroxylation sites is 2. The third kappa shape index (κ3) is 5.21. The van der Waals surface area contributed by atoms with Crippen molar-refractivity contribution in [1.82, 2.24) is 0 Å². The molecule has 0 aliphatic heterocycles. The molecule has 0 aliphatic carbocycles. The fraction of sp³-hybridized carbons (Fsp3) is 0. The van der Waals surface area contributed by atoms with E-state index in [-0.39, 0.29) is 0 Å². The summed E-state index contributed by atoms with van der Waals surface area (Å²) in [6.07, 6.45) is 0. The van der Waals surface area contributed by atoms with Crippen molar-refractivity contribution in [2.24, 2.45) is 0 Å². The molecule has 2 heteroatoms. The van der Waals surface area contributed by atoms with Crippen molar-refractivity contribution in [2.75, 3.05) is 4.90 Å². The lowest BCUT2D eigenvalue weighted by Crippen LogP contribution is -2.11. The molecule has 10 aromatic rings. The van der Waals surface area contributed by atoms with Crippen molar-refractivity contribution in [2.45, 2.75) is 0 Å². The van der Waals surface area contributed by atoms with Crippen LogP contribution in [-0.2, 0) is 0 Å². The van der Waals surface area contributed by atoms with Gasteiger partial charge in [0, 0.05) is 27.7 Å². The SMILES string of the molecule is c1ccc(-c2ccccc2N(c2ccc(-c3ccc4cc5oc6ccccc6c5cc4c3)cc2)c2ccc(-c3cccc4ccccc34)cc2)cc1. The normalized spacial score (nSPS) is 11.5. The summed E-state index contributed by atoms with van der Waals surface area (Å²) >= 11 is 0. The maximum Gasteiger partial charge on any atom is 0.136 e. The fourth-order valence-corrected chi connectivity index (χ4v) is 7.68. The molecule has 0 atom stereocenters. The summed E-state index contributed by atoms with van der Waals surface area (Å²) in [4.78, 5) is 2.38. The van der Waals surface area contributed by atoms with Crippen molar-refractivity contribution in [3.8, 4) is 33.4 Å². The third-order valence-electron chi connectivity index (χ3n) is 10.3. The van der Waals surface area contributed by atoms with Gasteiger partial charge in [-0.05, 0) is 104 Å². The molecule has 0 amide bonds. The van der Waals surface area contributed by atoms with Crippen LogP contribution in [0.5, 0.6) is 0 Å². The Hall–Kier alpha value is -6.90. The molecule has 52 heavy (non-hydrogen) atoms. The van der Waals surface area contributed by atoms with E-state index < -0.39 is 0 Å². The lowest BCUT2D eigenvalue weighted by Gasteiger charge is -2.28. The Kier molecular flexibility index (Phi) is 7.18. The predicted octanol–water partition coefficient (Wildman–Crippen LogP) is 14.4. The van der Waals surface area contributed by atoms with Crippen LogP contribution in [0.15, 0.2) is 205 Å². The van der Waals surface area contributed by atoms with Gasteiger partial charge in [0.05, 0.1) is 5.69 Å². The highest BCUT2D eigenvalue weighted by atomic mass is 16.3. The standard InChI is InChI=1S/C50H33NO/c1-2-11-36(12-3-1)45-16-6-8-19-48(45)51(42-29-25-37(26-30-42)44-18-10-14-35-13-4-5-15-43(35)44)41-27-23-34(24-28-41)38-21-22-39-33-50-47(32-40(39)31-38)46-17-7-9-20-49(46)52-50/h1-33H. The Morgan fingerprint density at radius 3 is 1.75 bits per heavy atom. The zero-order valence-corrected chi connectivity index (χ0v) is 28.4. The van der Waals surface area contributed by atoms with E-state index in [1.54, 1.807) is 0 Å². The van der Waals surface area contributed by atoms with E-state index in [4.69, 9.17) is 4.42 Å². The number of nitrogens with zero attached hydrogens (tertiary/aromatic N) is 1. The summed E-state index contributed by atoms with van der Waals surface area (Å²) in [5.74, 6) is 0. The molecule has 0 saturated heterocycles. The van der Waals surface area contributed by atoms with Gasteiger partial charge in [-0.1, -0.05) is 146 Å². The topological polar surface area (TPSA) is 16.4 Å². The smallest absolute Gasteiger partial charge is 0.136 e. The van der Waals surface area contributed by atoms with Gasteiger partial charge in [0.15, 0.2) is 0 Å². The third-order valence-corrected chi connectivity index (χ3v) is 10.3. The van der Waals surface area contributed by atoms with Crippen LogP contribution in [0.3, 0.4) is 0 Å². The van der Waals surface area contributed by atoms with Gasteiger partial charge >= 0.3 is 0 Å². The van der Waals surface area contributed by atoms with Gasteiger partial charge in [-0.2, -0.15) is 0 Å². The van der Waals surface area contributed by atoms with Gasteiger partial charge in [-0.3, -0.25) is 0 Å². The average Bonchev–Trinajstić information content (AvgIpc) is 3.58. The second kappa shape index (κ2) is 12.5. The minimum Gasteiger partial charge on any atom is -0.456 e. The van der Waals surface area contributed by atoms with Crippen molar-refractivity contribution in [3.05, 3.63) is 200 Å². The van der Waals surface area contributed by atoms with Gasteiger partial charge < -0.3 is 9.32 Å². The van der Waals surface area contributed by atoms with E-state index in [0.29, 0.717) is 0 Å². The second-order valence-electron chi connectivity index (χ2n) is 13.3.